The Bertz CT molecular complexity index is 951. The number of hydrogen-bond acceptors (Lipinski definition) is 9. The fourth-order valence-electron chi connectivity index (χ4n) is 3.01. The molecular formula is C22H30BIN4O4S. The summed E-state index contributed by atoms with van der Waals surface area (Å²) in [5.41, 5.74) is 2.01. The van der Waals surface area contributed by atoms with Gasteiger partial charge in [0.1, 0.15) is 11.6 Å². The summed E-state index contributed by atoms with van der Waals surface area (Å²) in [7, 11) is 1.85. The first kappa shape index (κ1) is 27.4. The van der Waals surface area contributed by atoms with Crippen molar-refractivity contribution in [3.63, 3.8) is 0 Å². The van der Waals surface area contributed by atoms with Gasteiger partial charge in [0.15, 0.2) is 0 Å². The zero-order valence-electron chi connectivity index (χ0n) is 19.2. The van der Waals surface area contributed by atoms with Gasteiger partial charge in [0, 0.05) is 35.2 Å². The first-order valence-electron chi connectivity index (χ1n) is 10.6. The number of benzene rings is 1. The number of anilines is 1. The molecule has 11 heteroatoms. The van der Waals surface area contributed by atoms with Crippen LogP contribution in [0.5, 0.6) is 5.75 Å². The maximum Gasteiger partial charge on any atom is 0.500 e. The summed E-state index contributed by atoms with van der Waals surface area (Å²) in [6, 6.07) is 9.17. The smallest absolute Gasteiger partial charge is 0.500 e. The van der Waals surface area contributed by atoms with Crippen LogP contribution < -0.4 is 15.3 Å². The Morgan fingerprint density at radius 1 is 1.39 bits per heavy atom. The lowest BCUT2D eigenvalue weighted by Crippen LogP contribution is -2.28. The number of aliphatic hydroxyl groups is 1. The largest absolute Gasteiger partial charge is 0.542 e. The molecule has 0 aliphatic rings. The van der Waals surface area contributed by atoms with Crippen molar-refractivity contribution in [1.82, 2.24) is 10.3 Å². The van der Waals surface area contributed by atoms with E-state index in [0.717, 1.165) is 11.8 Å². The van der Waals surface area contributed by atoms with Crippen molar-refractivity contribution >= 4 is 56.0 Å². The third-order valence-corrected chi connectivity index (χ3v) is 6.56. The van der Waals surface area contributed by atoms with Gasteiger partial charge < -0.3 is 30.5 Å². The average molecular weight is 584 g/mol. The Labute approximate surface area is 213 Å². The molecule has 1 atom stereocenters. The van der Waals surface area contributed by atoms with Gasteiger partial charge in [-0.05, 0) is 46.0 Å². The van der Waals surface area contributed by atoms with Gasteiger partial charge in [0.2, 0.25) is 0 Å². The maximum absolute atomic E-state index is 12.6. The van der Waals surface area contributed by atoms with E-state index in [0.29, 0.717) is 29.4 Å². The van der Waals surface area contributed by atoms with Gasteiger partial charge in [-0.1, -0.05) is 34.5 Å². The molecule has 0 spiro atoms. The van der Waals surface area contributed by atoms with Crippen molar-refractivity contribution in [3.8, 4) is 17.0 Å². The number of aliphatic hydroxyl groups excluding tert-OH is 1. The lowest BCUT2D eigenvalue weighted by atomic mass is 10.0. The van der Waals surface area contributed by atoms with Crippen LogP contribution in [0.4, 0.5) is 5.82 Å². The molecule has 0 saturated heterocycles. The van der Waals surface area contributed by atoms with E-state index in [-0.39, 0.29) is 34.1 Å². The fourth-order valence-corrected chi connectivity index (χ4v) is 5.37. The van der Waals surface area contributed by atoms with Crippen LogP contribution in [0, 0.1) is 5.41 Å². The molecule has 0 aliphatic carbocycles. The minimum atomic E-state index is -0.498. The second kappa shape index (κ2) is 13.8. The molecule has 178 valence electrons. The molecule has 2 aromatic rings. The summed E-state index contributed by atoms with van der Waals surface area (Å²) in [6.45, 7) is 6.64. The Kier molecular flexibility index (Phi) is 11.4. The van der Waals surface area contributed by atoms with E-state index >= 15 is 0 Å². The molecule has 4 N–H and O–H groups in total. The van der Waals surface area contributed by atoms with E-state index < -0.39 is 5.97 Å². The van der Waals surface area contributed by atoms with Crippen LogP contribution >= 0.6 is 34.0 Å². The summed E-state index contributed by atoms with van der Waals surface area (Å²) in [6.07, 6.45) is 1.12. The van der Waals surface area contributed by atoms with E-state index in [1.54, 1.807) is 13.0 Å². The number of hydrogen-bond donors (Lipinski definition) is 4. The topological polar surface area (TPSA) is 117 Å². The molecule has 0 saturated carbocycles. The van der Waals surface area contributed by atoms with Gasteiger partial charge in [-0.2, -0.15) is 0 Å². The Hall–Kier alpha value is -1.83. The third kappa shape index (κ3) is 8.16. The number of nitrogens with zero attached hydrogens (tertiary/aromatic N) is 1. The average Bonchev–Trinajstić information content (AvgIpc) is 2.78. The van der Waals surface area contributed by atoms with Gasteiger partial charge in [-0.15, -0.1) is 11.6 Å². The van der Waals surface area contributed by atoms with Crippen LogP contribution in [0.3, 0.4) is 0 Å². The number of carbonyl (C=O) groups is 1. The normalized spacial score (nSPS) is 11.7. The SMILES string of the molecule is CCOC(=O)c1cc(-c2cccc(OB(I)SC(CO)CNC)c2)nc(NC(C)C)c1C=N. The van der Waals surface area contributed by atoms with Crippen molar-refractivity contribution in [2.24, 2.45) is 0 Å². The number of esters is 1. The van der Waals surface area contributed by atoms with Crippen molar-refractivity contribution < 1.29 is 19.3 Å². The number of carbonyl (C=O) groups excluding carboxylic acids is 1. The zero-order valence-corrected chi connectivity index (χ0v) is 22.2. The van der Waals surface area contributed by atoms with E-state index in [9.17, 15) is 9.90 Å². The summed E-state index contributed by atoms with van der Waals surface area (Å²) >= 11 is 3.72. The van der Waals surface area contributed by atoms with E-state index in [1.165, 1.54) is 11.6 Å². The van der Waals surface area contributed by atoms with Gasteiger partial charge in [0.25, 0.3) is 0 Å². The molecular weight excluding hydrogens is 554 g/mol. The van der Waals surface area contributed by atoms with E-state index in [1.807, 2.05) is 45.2 Å². The number of nitrogens with one attached hydrogen (secondary N) is 3. The minimum absolute atomic E-state index is 0.0206. The number of ether oxygens (including phenoxy) is 1. The lowest BCUT2D eigenvalue weighted by Gasteiger charge is -2.18. The lowest BCUT2D eigenvalue weighted by molar-refractivity contribution is 0.0526. The van der Waals surface area contributed by atoms with Gasteiger partial charge in [-0.25, -0.2) is 9.78 Å². The van der Waals surface area contributed by atoms with E-state index in [2.05, 4.69) is 38.0 Å². The van der Waals surface area contributed by atoms with Crippen molar-refractivity contribution in [1.29, 1.82) is 5.41 Å². The predicted molar refractivity (Wildman–Crippen MR) is 145 cm³/mol. The number of pyridine rings is 1. The fraction of sp³-hybridized carbons (Fsp3) is 0.409. The maximum atomic E-state index is 12.6. The Morgan fingerprint density at radius 2 is 2.15 bits per heavy atom. The number of rotatable bonds is 13. The standard InChI is InChI=1S/C22H30BIN4O4S/c1-5-31-22(30)18-10-20(28-21(19(18)11-25)27-14(2)3)15-7-6-8-16(9-15)32-23(24)33-17(13-29)12-26-4/h6-11,14,17,25-26,29H,5,12-13H2,1-4H3,(H,27,28). The van der Waals surface area contributed by atoms with E-state index in [4.69, 9.17) is 14.8 Å². The highest BCUT2D eigenvalue weighted by Crippen LogP contribution is 2.30. The molecule has 1 aromatic carbocycles. The Morgan fingerprint density at radius 3 is 2.76 bits per heavy atom. The van der Waals surface area contributed by atoms with Crippen LogP contribution in [-0.4, -0.2) is 64.4 Å². The summed E-state index contributed by atoms with van der Waals surface area (Å²) in [5, 5.41) is 23.6. The van der Waals surface area contributed by atoms with Gasteiger partial charge in [-0.3, -0.25) is 0 Å². The van der Waals surface area contributed by atoms with Crippen LogP contribution in [0.25, 0.3) is 11.3 Å². The molecule has 0 fully saturated rings. The second-order valence-corrected chi connectivity index (χ2v) is 10.7. The minimum Gasteiger partial charge on any atom is -0.542 e. The summed E-state index contributed by atoms with van der Waals surface area (Å²) < 4.78 is 11.1. The molecule has 33 heavy (non-hydrogen) atoms. The molecule has 0 aliphatic heterocycles. The quantitative estimate of drug-likeness (QED) is 0.122. The number of halogens is 1. The first-order valence-corrected chi connectivity index (χ1v) is 12.8. The molecule has 2 rings (SSSR count). The predicted octanol–water partition coefficient (Wildman–Crippen LogP) is 3.86. The molecule has 1 heterocycles. The van der Waals surface area contributed by atoms with Crippen molar-refractivity contribution in [2.45, 2.75) is 32.1 Å². The summed E-state index contributed by atoms with van der Waals surface area (Å²) in [5.74, 6) is 0.601. The molecule has 1 aromatic heterocycles. The second-order valence-electron chi connectivity index (χ2n) is 7.40. The van der Waals surface area contributed by atoms with Gasteiger partial charge in [0.05, 0.1) is 24.5 Å². The molecule has 0 bridgehead atoms. The monoisotopic (exact) mass is 584 g/mol. The third-order valence-electron chi connectivity index (χ3n) is 4.42. The number of aromatic nitrogens is 1. The highest BCUT2D eigenvalue weighted by atomic mass is 127. The van der Waals surface area contributed by atoms with Crippen LogP contribution in [-0.2, 0) is 4.74 Å². The highest BCUT2D eigenvalue weighted by molar-refractivity contribution is 14.1. The van der Waals surface area contributed by atoms with Crippen molar-refractivity contribution in [3.05, 3.63) is 41.5 Å². The van der Waals surface area contributed by atoms with Crippen LogP contribution in [0.2, 0.25) is 0 Å². The molecule has 0 amide bonds. The first-order chi connectivity index (χ1) is 15.8. The zero-order chi connectivity index (χ0) is 24.4. The van der Waals surface area contributed by atoms with Crippen LogP contribution in [0.1, 0.15) is 36.7 Å². The highest BCUT2D eigenvalue weighted by Gasteiger charge is 2.22. The molecule has 8 nitrogen and oxygen atoms in total. The van der Waals surface area contributed by atoms with Crippen molar-refractivity contribution in [2.75, 3.05) is 32.1 Å². The van der Waals surface area contributed by atoms with Gasteiger partial charge >= 0.3 is 10.0 Å². The Balaban J connectivity index is 2.40. The molecule has 0 radical (unpaired) electrons. The summed E-state index contributed by atoms with van der Waals surface area (Å²) in [4.78, 5) is 17.3. The molecule has 1 unspecified atom stereocenters. The van der Waals surface area contributed by atoms with Crippen LogP contribution in [0.15, 0.2) is 30.3 Å².